The number of rotatable bonds is 4. The molecule has 0 bridgehead atoms. The first kappa shape index (κ1) is 20.8. The minimum atomic E-state index is -4.40. The fraction of sp³-hybridized carbons (Fsp3) is 0.500. The molecule has 1 saturated heterocycles. The summed E-state index contributed by atoms with van der Waals surface area (Å²) in [5.41, 5.74) is 0.392. The SMILES string of the molecule is CSC(C)C(=O)N1CCCCC1c1nc(-c2ccc(C)c(C(F)(F)F)c2)c[nH]1. The van der Waals surface area contributed by atoms with Crippen molar-refractivity contribution >= 4 is 17.7 Å². The van der Waals surface area contributed by atoms with E-state index < -0.39 is 11.7 Å². The molecule has 2 unspecified atom stereocenters. The summed E-state index contributed by atoms with van der Waals surface area (Å²) in [7, 11) is 0. The summed E-state index contributed by atoms with van der Waals surface area (Å²) in [5.74, 6) is 0.704. The van der Waals surface area contributed by atoms with E-state index in [1.54, 1.807) is 12.3 Å². The number of aromatic amines is 1. The third-order valence-electron chi connectivity index (χ3n) is 5.24. The van der Waals surface area contributed by atoms with E-state index in [2.05, 4.69) is 9.97 Å². The molecule has 1 aromatic heterocycles. The number of likely N-dealkylation sites (tertiary alicyclic amines) is 1. The van der Waals surface area contributed by atoms with Gasteiger partial charge in [-0.25, -0.2) is 4.98 Å². The lowest BCUT2D eigenvalue weighted by atomic mass is 10.0. The van der Waals surface area contributed by atoms with Crippen LogP contribution in [0.1, 0.15) is 49.2 Å². The van der Waals surface area contributed by atoms with Crippen molar-refractivity contribution in [2.24, 2.45) is 0 Å². The molecule has 2 aromatic rings. The number of thioether (sulfide) groups is 1. The first-order chi connectivity index (χ1) is 13.2. The molecule has 1 aliphatic rings. The number of hydrogen-bond donors (Lipinski definition) is 1. The van der Waals surface area contributed by atoms with Crippen LogP contribution in [0.15, 0.2) is 24.4 Å². The second-order valence-electron chi connectivity index (χ2n) is 7.12. The Morgan fingerprint density at radius 3 is 2.79 bits per heavy atom. The summed E-state index contributed by atoms with van der Waals surface area (Å²) >= 11 is 1.50. The van der Waals surface area contributed by atoms with E-state index in [9.17, 15) is 18.0 Å². The van der Waals surface area contributed by atoms with Crippen LogP contribution in [0.25, 0.3) is 11.3 Å². The Bertz CT molecular complexity index is 849. The molecule has 3 rings (SSSR count). The molecule has 28 heavy (non-hydrogen) atoms. The van der Waals surface area contributed by atoms with Gasteiger partial charge in [0.15, 0.2) is 0 Å². The van der Waals surface area contributed by atoms with Gasteiger partial charge in [-0.05, 0) is 51.0 Å². The summed E-state index contributed by atoms with van der Waals surface area (Å²) in [6.07, 6.45) is 1.85. The molecule has 0 spiro atoms. The number of hydrogen-bond acceptors (Lipinski definition) is 3. The maximum atomic E-state index is 13.2. The molecule has 0 saturated carbocycles. The number of halogens is 3. The van der Waals surface area contributed by atoms with Gasteiger partial charge in [-0.3, -0.25) is 4.79 Å². The standard InChI is InChI=1S/C20H24F3N3OS/c1-12-7-8-14(10-15(12)20(21,22)23)16-11-24-18(25-16)17-6-4-5-9-26(17)19(27)13(2)28-3/h7-8,10-11,13,17H,4-6,9H2,1-3H3,(H,24,25). The highest BCUT2D eigenvalue weighted by molar-refractivity contribution is 7.99. The number of amides is 1. The quantitative estimate of drug-likeness (QED) is 0.751. The highest BCUT2D eigenvalue weighted by Gasteiger charge is 2.34. The van der Waals surface area contributed by atoms with E-state index >= 15 is 0 Å². The lowest BCUT2D eigenvalue weighted by molar-refractivity contribution is -0.138. The van der Waals surface area contributed by atoms with Crippen molar-refractivity contribution in [3.63, 3.8) is 0 Å². The Labute approximate surface area is 166 Å². The first-order valence-electron chi connectivity index (χ1n) is 9.29. The van der Waals surface area contributed by atoms with Crippen LogP contribution in [0.4, 0.5) is 13.2 Å². The lowest BCUT2D eigenvalue weighted by Crippen LogP contribution is -2.42. The van der Waals surface area contributed by atoms with Crippen molar-refractivity contribution in [2.75, 3.05) is 12.8 Å². The van der Waals surface area contributed by atoms with E-state index in [-0.39, 0.29) is 22.8 Å². The average Bonchev–Trinajstić information content (AvgIpc) is 3.16. The monoisotopic (exact) mass is 411 g/mol. The molecule has 2 heterocycles. The third-order valence-corrected chi connectivity index (χ3v) is 6.15. The molecule has 1 amide bonds. The fourth-order valence-corrected chi connectivity index (χ4v) is 3.89. The predicted octanol–water partition coefficient (Wildman–Crippen LogP) is 5.21. The van der Waals surface area contributed by atoms with Gasteiger partial charge >= 0.3 is 6.18 Å². The summed E-state index contributed by atoms with van der Waals surface area (Å²) in [6, 6.07) is 4.07. The number of carbonyl (C=O) groups is 1. The number of nitrogens with one attached hydrogen (secondary N) is 1. The Morgan fingerprint density at radius 1 is 1.36 bits per heavy atom. The van der Waals surface area contributed by atoms with Crippen LogP contribution >= 0.6 is 11.8 Å². The van der Waals surface area contributed by atoms with Gasteiger partial charge < -0.3 is 9.88 Å². The number of imidazole rings is 1. The van der Waals surface area contributed by atoms with E-state index in [1.807, 2.05) is 18.1 Å². The maximum absolute atomic E-state index is 13.2. The van der Waals surface area contributed by atoms with Crippen molar-refractivity contribution in [2.45, 2.75) is 50.6 Å². The topological polar surface area (TPSA) is 49.0 Å². The number of aromatic nitrogens is 2. The summed E-state index contributed by atoms with van der Waals surface area (Å²) in [6.45, 7) is 4.01. The number of H-pyrrole nitrogens is 1. The smallest absolute Gasteiger partial charge is 0.346 e. The van der Waals surface area contributed by atoms with Gasteiger partial charge in [0.2, 0.25) is 5.91 Å². The van der Waals surface area contributed by atoms with Crippen LogP contribution in [0.3, 0.4) is 0 Å². The zero-order chi connectivity index (χ0) is 20.5. The molecule has 8 heteroatoms. The van der Waals surface area contributed by atoms with Crippen LogP contribution in [0.2, 0.25) is 0 Å². The summed E-state index contributed by atoms with van der Waals surface area (Å²) in [5, 5.41) is -0.138. The van der Waals surface area contributed by atoms with Crippen LogP contribution in [-0.4, -0.2) is 38.8 Å². The highest BCUT2D eigenvalue weighted by Crippen LogP contribution is 2.36. The van der Waals surface area contributed by atoms with Gasteiger partial charge in [-0.1, -0.05) is 12.1 Å². The number of carbonyl (C=O) groups excluding carboxylic acids is 1. The van der Waals surface area contributed by atoms with Crippen molar-refractivity contribution in [1.82, 2.24) is 14.9 Å². The Morgan fingerprint density at radius 2 is 2.11 bits per heavy atom. The second-order valence-corrected chi connectivity index (χ2v) is 8.30. The first-order valence-corrected chi connectivity index (χ1v) is 10.6. The van der Waals surface area contributed by atoms with Crippen LogP contribution in [-0.2, 0) is 11.0 Å². The minimum Gasteiger partial charge on any atom is -0.346 e. The van der Waals surface area contributed by atoms with Gasteiger partial charge in [0, 0.05) is 18.3 Å². The molecule has 1 N–H and O–H groups in total. The molecular formula is C20H24F3N3OS. The normalized spacial score (nSPS) is 18.9. The third kappa shape index (κ3) is 4.21. The number of piperidine rings is 1. The second kappa shape index (κ2) is 8.19. The van der Waals surface area contributed by atoms with Crippen molar-refractivity contribution < 1.29 is 18.0 Å². The van der Waals surface area contributed by atoms with Gasteiger partial charge in [0.1, 0.15) is 5.82 Å². The Kier molecular flexibility index (Phi) is 6.07. The predicted molar refractivity (Wildman–Crippen MR) is 105 cm³/mol. The summed E-state index contributed by atoms with van der Waals surface area (Å²) < 4.78 is 39.6. The minimum absolute atomic E-state index is 0.0739. The van der Waals surface area contributed by atoms with Gasteiger partial charge in [0.25, 0.3) is 0 Å². The van der Waals surface area contributed by atoms with E-state index in [1.165, 1.54) is 24.8 Å². The van der Waals surface area contributed by atoms with E-state index in [0.29, 0.717) is 23.6 Å². The molecule has 0 aliphatic carbocycles. The maximum Gasteiger partial charge on any atom is 0.416 e. The highest BCUT2D eigenvalue weighted by atomic mass is 32.2. The molecule has 1 aromatic carbocycles. The number of nitrogens with zero attached hydrogens (tertiary/aromatic N) is 2. The Balaban J connectivity index is 1.90. The van der Waals surface area contributed by atoms with Gasteiger partial charge in [-0.2, -0.15) is 24.9 Å². The fourth-order valence-electron chi connectivity index (χ4n) is 3.56. The molecule has 0 radical (unpaired) electrons. The summed E-state index contributed by atoms with van der Waals surface area (Å²) in [4.78, 5) is 22.2. The number of aryl methyl sites for hydroxylation is 1. The number of alkyl halides is 3. The van der Waals surface area contributed by atoms with Crippen molar-refractivity contribution in [3.05, 3.63) is 41.3 Å². The Hall–Kier alpha value is -1.96. The molecular weight excluding hydrogens is 387 g/mol. The van der Waals surface area contributed by atoms with Gasteiger partial charge in [-0.15, -0.1) is 0 Å². The van der Waals surface area contributed by atoms with Gasteiger partial charge in [0.05, 0.1) is 22.5 Å². The van der Waals surface area contributed by atoms with Crippen molar-refractivity contribution in [3.8, 4) is 11.3 Å². The van der Waals surface area contributed by atoms with Crippen LogP contribution in [0, 0.1) is 6.92 Å². The zero-order valence-electron chi connectivity index (χ0n) is 16.1. The molecule has 4 nitrogen and oxygen atoms in total. The van der Waals surface area contributed by atoms with Crippen LogP contribution < -0.4 is 0 Å². The van der Waals surface area contributed by atoms with Crippen LogP contribution in [0.5, 0.6) is 0 Å². The largest absolute Gasteiger partial charge is 0.416 e. The molecule has 1 fully saturated rings. The zero-order valence-corrected chi connectivity index (χ0v) is 17.0. The molecule has 152 valence electrons. The molecule has 1 aliphatic heterocycles. The lowest BCUT2D eigenvalue weighted by Gasteiger charge is -2.36. The van der Waals surface area contributed by atoms with E-state index in [0.717, 1.165) is 25.3 Å². The van der Waals surface area contributed by atoms with Crippen molar-refractivity contribution in [1.29, 1.82) is 0 Å². The van der Waals surface area contributed by atoms with E-state index in [4.69, 9.17) is 0 Å². The average molecular weight is 411 g/mol. The molecule has 2 atom stereocenters. The number of benzene rings is 1.